The standard InChI is InChI=1S/C23H29Cl2NO3/c1-2-10-23(16-27)15-26(11-9-22(23)28)13-18-5-8-21(20(25)12-18)29-14-17-3-6-19(24)7-4-17/h3-8,12,22,27-28H,2,9-11,13-16H2,1H3/t22-,23-/m1/s1. The molecule has 0 aliphatic carbocycles. The minimum Gasteiger partial charge on any atom is -0.487 e. The summed E-state index contributed by atoms with van der Waals surface area (Å²) in [5.41, 5.74) is 1.68. The van der Waals surface area contributed by atoms with Crippen molar-refractivity contribution in [3.05, 3.63) is 63.6 Å². The van der Waals surface area contributed by atoms with Gasteiger partial charge in [-0.25, -0.2) is 0 Å². The number of aliphatic hydroxyl groups is 2. The molecule has 0 unspecified atom stereocenters. The van der Waals surface area contributed by atoms with E-state index in [0.29, 0.717) is 35.4 Å². The number of piperidine rings is 1. The average molecular weight is 438 g/mol. The van der Waals surface area contributed by atoms with Crippen molar-refractivity contribution in [3.8, 4) is 5.75 Å². The minimum atomic E-state index is -0.448. The molecule has 1 fully saturated rings. The highest BCUT2D eigenvalue weighted by molar-refractivity contribution is 6.32. The summed E-state index contributed by atoms with van der Waals surface area (Å²) < 4.78 is 5.85. The number of benzene rings is 2. The molecule has 1 aliphatic rings. The Labute approximate surface area is 183 Å². The van der Waals surface area contributed by atoms with Gasteiger partial charge in [-0.15, -0.1) is 0 Å². The lowest BCUT2D eigenvalue weighted by Crippen LogP contribution is -2.53. The Balaban J connectivity index is 1.61. The van der Waals surface area contributed by atoms with Crippen LogP contribution in [0.2, 0.25) is 10.0 Å². The van der Waals surface area contributed by atoms with Crippen molar-refractivity contribution in [1.82, 2.24) is 4.90 Å². The summed E-state index contributed by atoms with van der Waals surface area (Å²) in [6, 6.07) is 13.4. The fourth-order valence-electron chi connectivity index (χ4n) is 4.11. The highest BCUT2D eigenvalue weighted by atomic mass is 35.5. The van der Waals surface area contributed by atoms with Crippen LogP contribution in [0.15, 0.2) is 42.5 Å². The summed E-state index contributed by atoms with van der Waals surface area (Å²) in [6.07, 6.45) is 1.99. The number of ether oxygens (including phenoxy) is 1. The molecule has 2 aromatic rings. The largest absolute Gasteiger partial charge is 0.487 e. The summed E-state index contributed by atoms with van der Waals surface area (Å²) >= 11 is 12.4. The van der Waals surface area contributed by atoms with E-state index in [9.17, 15) is 10.2 Å². The van der Waals surface area contributed by atoms with Crippen LogP contribution in [-0.2, 0) is 13.2 Å². The lowest BCUT2D eigenvalue weighted by molar-refractivity contribution is -0.0819. The number of halogens is 2. The topological polar surface area (TPSA) is 52.9 Å². The first-order chi connectivity index (χ1) is 14.0. The molecule has 0 aromatic heterocycles. The fraction of sp³-hybridized carbons (Fsp3) is 0.478. The Kier molecular flexibility index (Phi) is 7.83. The van der Waals surface area contributed by atoms with E-state index in [1.54, 1.807) is 0 Å². The highest BCUT2D eigenvalue weighted by Gasteiger charge is 2.41. The second-order valence-corrected chi connectivity index (χ2v) is 8.81. The third-order valence-corrected chi connectivity index (χ3v) is 6.28. The molecule has 29 heavy (non-hydrogen) atoms. The van der Waals surface area contributed by atoms with E-state index in [4.69, 9.17) is 27.9 Å². The molecule has 0 saturated carbocycles. The summed E-state index contributed by atoms with van der Waals surface area (Å²) in [5.74, 6) is 0.648. The predicted molar refractivity (Wildman–Crippen MR) is 118 cm³/mol. The van der Waals surface area contributed by atoms with Crippen LogP contribution >= 0.6 is 23.2 Å². The van der Waals surface area contributed by atoms with E-state index in [1.807, 2.05) is 42.5 Å². The first-order valence-electron chi connectivity index (χ1n) is 10.1. The number of nitrogens with zero attached hydrogens (tertiary/aromatic N) is 1. The van der Waals surface area contributed by atoms with Gasteiger partial charge in [-0.1, -0.05) is 54.7 Å². The number of hydrogen-bond acceptors (Lipinski definition) is 4. The van der Waals surface area contributed by atoms with E-state index < -0.39 is 11.5 Å². The van der Waals surface area contributed by atoms with E-state index in [2.05, 4.69) is 11.8 Å². The van der Waals surface area contributed by atoms with E-state index in [0.717, 1.165) is 37.1 Å². The zero-order chi connectivity index (χ0) is 20.9. The Hall–Kier alpha value is -1.30. The van der Waals surface area contributed by atoms with Gasteiger partial charge in [0.15, 0.2) is 0 Å². The molecule has 2 aromatic carbocycles. The molecule has 2 N–H and O–H groups in total. The Bertz CT molecular complexity index is 799. The van der Waals surface area contributed by atoms with Crippen LogP contribution in [0, 0.1) is 5.41 Å². The lowest BCUT2D eigenvalue weighted by atomic mass is 9.74. The van der Waals surface area contributed by atoms with Gasteiger partial charge in [-0.3, -0.25) is 4.90 Å². The third kappa shape index (κ3) is 5.65. The van der Waals surface area contributed by atoms with E-state index >= 15 is 0 Å². The molecule has 2 atom stereocenters. The average Bonchev–Trinajstić information content (AvgIpc) is 2.71. The second kappa shape index (κ2) is 10.1. The smallest absolute Gasteiger partial charge is 0.138 e. The van der Waals surface area contributed by atoms with Gasteiger partial charge in [0.2, 0.25) is 0 Å². The summed E-state index contributed by atoms with van der Waals surface area (Å²) in [4.78, 5) is 2.29. The number of hydrogen-bond donors (Lipinski definition) is 2. The van der Waals surface area contributed by atoms with Crippen LogP contribution in [-0.4, -0.2) is 40.9 Å². The summed E-state index contributed by atoms with van der Waals surface area (Å²) in [7, 11) is 0. The van der Waals surface area contributed by atoms with Crippen molar-refractivity contribution < 1.29 is 14.9 Å². The fourth-order valence-corrected chi connectivity index (χ4v) is 4.50. The Morgan fingerprint density at radius 3 is 2.52 bits per heavy atom. The van der Waals surface area contributed by atoms with E-state index in [-0.39, 0.29) is 6.61 Å². The maximum absolute atomic E-state index is 10.5. The third-order valence-electron chi connectivity index (χ3n) is 5.74. The van der Waals surface area contributed by atoms with Gasteiger partial charge < -0.3 is 14.9 Å². The number of likely N-dealkylation sites (tertiary alicyclic amines) is 1. The lowest BCUT2D eigenvalue weighted by Gasteiger charge is -2.45. The van der Waals surface area contributed by atoms with Gasteiger partial charge in [-0.2, -0.15) is 0 Å². The molecule has 0 bridgehead atoms. The van der Waals surface area contributed by atoms with Crippen LogP contribution < -0.4 is 4.74 Å². The molecule has 3 rings (SSSR count). The zero-order valence-electron chi connectivity index (χ0n) is 16.8. The van der Waals surface area contributed by atoms with Gasteiger partial charge >= 0.3 is 0 Å². The molecule has 1 saturated heterocycles. The Morgan fingerprint density at radius 2 is 1.86 bits per heavy atom. The normalized spacial score (nSPS) is 22.6. The van der Waals surface area contributed by atoms with Gasteiger partial charge in [0.1, 0.15) is 12.4 Å². The maximum Gasteiger partial charge on any atom is 0.138 e. The van der Waals surface area contributed by atoms with Crippen molar-refractivity contribution in [3.63, 3.8) is 0 Å². The SMILES string of the molecule is CCC[C@]1(CO)CN(Cc2ccc(OCc3ccc(Cl)cc3)c(Cl)c2)CC[C@H]1O. The van der Waals surface area contributed by atoms with Crippen molar-refractivity contribution in [2.45, 2.75) is 45.4 Å². The van der Waals surface area contributed by atoms with Crippen molar-refractivity contribution in [1.29, 1.82) is 0 Å². The first kappa shape index (κ1) is 22.4. The quantitative estimate of drug-likeness (QED) is 0.615. The predicted octanol–water partition coefficient (Wildman–Crippen LogP) is 4.92. The highest BCUT2D eigenvalue weighted by Crippen LogP contribution is 2.35. The number of aliphatic hydroxyl groups excluding tert-OH is 2. The van der Waals surface area contributed by atoms with Crippen LogP contribution in [0.1, 0.15) is 37.3 Å². The van der Waals surface area contributed by atoms with Gasteiger partial charge in [0.05, 0.1) is 17.7 Å². The van der Waals surface area contributed by atoms with Crippen LogP contribution in [0.4, 0.5) is 0 Å². The summed E-state index contributed by atoms with van der Waals surface area (Å²) in [5, 5.41) is 21.7. The molecule has 158 valence electrons. The van der Waals surface area contributed by atoms with Crippen LogP contribution in [0.3, 0.4) is 0 Å². The van der Waals surface area contributed by atoms with Gasteiger partial charge in [-0.05, 0) is 48.2 Å². The molecule has 0 spiro atoms. The zero-order valence-corrected chi connectivity index (χ0v) is 18.3. The molecule has 6 heteroatoms. The first-order valence-corrected chi connectivity index (χ1v) is 10.9. The minimum absolute atomic E-state index is 0.0107. The van der Waals surface area contributed by atoms with Crippen LogP contribution in [0.25, 0.3) is 0 Å². The molecule has 0 amide bonds. The number of rotatable bonds is 8. The van der Waals surface area contributed by atoms with Crippen molar-refractivity contribution >= 4 is 23.2 Å². The van der Waals surface area contributed by atoms with Crippen molar-refractivity contribution in [2.24, 2.45) is 5.41 Å². The van der Waals surface area contributed by atoms with Crippen molar-refractivity contribution in [2.75, 3.05) is 19.7 Å². The molecule has 4 nitrogen and oxygen atoms in total. The second-order valence-electron chi connectivity index (χ2n) is 7.97. The van der Waals surface area contributed by atoms with Crippen LogP contribution in [0.5, 0.6) is 5.75 Å². The molecule has 0 radical (unpaired) electrons. The molecule has 1 heterocycles. The van der Waals surface area contributed by atoms with Gasteiger partial charge in [0.25, 0.3) is 0 Å². The summed E-state index contributed by atoms with van der Waals surface area (Å²) in [6.45, 7) is 4.75. The Morgan fingerprint density at radius 1 is 1.14 bits per heavy atom. The maximum atomic E-state index is 10.5. The molecular weight excluding hydrogens is 409 g/mol. The van der Waals surface area contributed by atoms with Gasteiger partial charge in [0, 0.05) is 30.1 Å². The van der Waals surface area contributed by atoms with E-state index in [1.165, 1.54) is 0 Å². The monoisotopic (exact) mass is 437 g/mol. The molecular formula is C23H29Cl2NO3. The molecule has 1 aliphatic heterocycles.